The fraction of sp³-hybridized carbons (Fsp3) is 0.222. The summed E-state index contributed by atoms with van der Waals surface area (Å²) in [5.74, 6) is 0. The summed E-state index contributed by atoms with van der Waals surface area (Å²) >= 11 is 8.59. The Morgan fingerprint density at radius 1 is 1.43 bits per heavy atom. The van der Waals surface area contributed by atoms with Gasteiger partial charge in [0.15, 0.2) is 0 Å². The number of hydrogen-bond acceptors (Lipinski definition) is 2. The second-order valence-corrected chi connectivity index (χ2v) is 5.99. The zero-order valence-electron chi connectivity index (χ0n) is 7.28. The third-order valence-corrected chi connectivity index (χ3v) is 3.97. The number of thiophene rings is 1. The summed E-state index contributed by atoms with van der Waals surface area (Å²) in [6.45, 7) is 0.899. The average molecular weight is 336 g/mol. The number of nitrogens with zero attached hydrogens (tertiary/aromatic N) is 2. The quantitative estimate of drug-likeness (QED) is 0.783. The van der Waals surface area contributed by atoms with Crippen LogP contribution in [0.5, 0.6) is 0 Å². The molecular formula is C9H8Br2N2S. The Labute approximate surface area is 103 Å². The molecule has 2 rings (SSSR count). The van der Waals surface area contributed by atoms with E-state index in [4.69, 9.17) is 0 Å². The van der Waals surface area contributed by atoms with Crippen molar-refractivity contribution in [3.05, 3.63) is 39.0 Å². The zero-order chi connectivity index (χ0) is 9.97. The Kier molecular flexibility index (Phi) is 3.41. The first kappa shape index (κ1) is 10.4. The molecule has 0 unspecified atom stereocenters. The van der Waals surface area contributed by atoms with E-state index in [9.17, 15) is 0 Å². The van der Waals surface area contributed by atoms with Crippen LogP contribution in [0.15, 0.2) is 28.4 Å². The first-order valence-corrected chi connectivity index (χ1v) is 6.82. The van der Waals surface area contributed by atoms with E-state index in [1.807, 2.05) is 6.33 Å². The largest absolute Gasteiger partial charge is 0.332 e. The number of alkyl halides is 1. The van der Waals surface area contributed by atoms with Crippen molar-refractivity contribution in [2.45, 2.75) is 11.9 Å². The Morgan fingerprint density at radius 3 is 2.86 bits per heavy atom. The van der Waals surface area contributed by atoms with Crippen LogP contribution in [0.25, 0.3) is 0 Å². The summed E-state index contributed by atoms with van der Waals surface area (Å²) in [5.41, 5.74) is 1.07. The van der Waals surface area contributed by atoms with Crippen LogP contribution in [0, 0.1) is 0 Å². The minimum absolute atomic E-state index is 0.814. The lowest BCUT2D eigenvalue weighted by Crippen LogP contribution is -1.92. The van der Waals surface area contributed by atoms with Crippen LogP contribution >= 0.6 is 43.2 Å². The van der Waals surface area contributed by atoms with E-state index in [-0.39, 0.29) is 0 Å². The van der Waals surface area contributed by atoms with Gasteiger partial charge in [-0.25, -0.2) is 4.98 Å². The highest BCUT2D eigenvalue weighted by Gasteiger charge is 2.00. The molecule has 0 aliphatic carbocycles. The maximum atomic E-state index is 4.25. The molecule has 2 aromatic rings. The second-order valence-electron chi connectivity index (χ2n) is 2.88. The van der Waals surface area contributed by atoms with Crippen LogP contribution in [-0.2, 0) is 11.9 Å². The van der Waals surface area contributed by atoms with Crippen molar-refractivity contribution in [1.29, 1.82) is 0 Å². The fourth-order valence-electron chi connectivity index (χ4n) is 1.18. The fourth-order valence-corrected chi connectivity index (χ4v) is 2.96. The maximum absolute atomic E-state index is 4.25. The summed E-state index contributed by atoms with van der Waals surface area (Å²) in [7, 11) is 0. The standard InChI is InChI=1S/C9H8Br2N2S/c10-3-7-4-13(6-12-7)5-8-1-2-9(11)14-8/h1-2,4,6H,3,5H2. The molecule has 0 radical (unpaired) electrons. The molecule has 0 atom stereocenters. The molecule has 74 valence electrons. The molecule has 2 nitrogen and oxygen atoms in total. The van der Waals surface area contributed by atoms with Crippen LogP contribution in [0.3, 0.4) is 0 Å². The lowest BCUT2D eigenvalue weighted by atomic mass is 10.4. The molecule has 2 aromatic heterocycles. The molecule has 0 amide bonds. The molecule has 0 aliphatic heterocycles. The van der Waals surface area contributed by atoms with Gasteiger partial charge in [0.2, 0.25) is 0 Å². The topological polar surface area (TPSA) is 17.8 Å². The van der Waals surface area contributed by atoms with E-state index in [1.165, 1.54) is 8.66 Å². The molecule has 0 saturated carbocycles. The van der Waals surface area contributed by atoms with E-state index in [2.05, 4.69) is 59.7 Å². The molecule has 0 N–H and O–H groups in total. The van der Waals surface area contributed by atoms with Crippen molar-refractivity contribution in [3.8, 4) is 0 Å². The monoisotopic (exact) mass is 334 g/mol. The predicted molar refractivity (Wildman–Crippen MR) is 66.0 cm³/mol. The Hall–Kier alpha value is -0.130. The highest BCUT2D eigenvalue weighted by atomic mass is 79.9. The maximum Gasteiger partial charge on any atom is 0.0953 e. The lowest BCUT2D eigenvalue weighted by molar-refractivity contribution is 0.809. The lowest BCUT2D eigenvalue weighted by Gasteiger charge is -1.96. The number of imidazole rings is 1. The Morgan fingerprint density at radius 2 is 2.29 bits per heavy atom. The summed E-state index contributed by atoms with van der Waals surface area (Å²) < 4.78 is 3.27. The van der Waals surface area contributed by atoms with Crippen molar-refractivity contribution < 1.29 is 0 Å². The van der Waals surface area contributed by atoms with Gasteiger partial charge in [-0.1, -0.05) is 15.9 Å². The van der Waals surface area contributed by atoms with Crippen LogP contribution in [0.2, 0.25) is 0 Å². The minimum Gasteiger partial charge on any atom is -0.332 e. The molecule has 0 fully saturated rings. The molecule has 0 saturated heterocycles. The van der Waals surface area contributed by atoms with E-state index in [1.54, 1.807) is 11.3 Å². The van der Waals surface area contributed by atoms with Crippen molar-refractivity contribution in [2.24, 2.45) is 0 Å². The van der Waals surface area contributed by atoms with E-state index in [0.717, 1.165) is 17.6 Å². The van der Waals surface area contributed by atoms with Gasteiger partial charge in [0.05, 0.1) is 22.4 Å². The predicted octanol–water partition coefficient (Wildman–Crippen LogP) is 3.65. The summed E-state index contributed by atoms with van der Waals surface area (Å²) in [4.78, 5) is 5.58. The smallest absolute Gasteiger partial charge is 0.0953 e. The van der Waals surface area contributed by atoms with Crippen LogP contribution < -0.4 is 0 Å². The molecule has 0 bridgehead atoms. The van der Waals surface area contributed by atoms with Crippen molar-refractivity contribution in [1.82, 2.24) is 9.55 Å². The van der Waals surface area contributed by atoms with Gasteiger partial charge < -0.3 is 4.57 Å². The number of rotatable bonds is 3. The molecule has 5 heteroatoms. The summed E-state index contributed by atoms with van der Waals surface area (Å²) in [6.07, 6.45) is 3.92. The van der Waals surface area contributed by atoms with Crippen LogP contribution in [0.1, 0.15) is 10.6 Å². The number of halogens is 2. The van der Waals surface area contributed by atoms with Crippen molar-refractivity contribution in [2.75, 3.05) is 0 Å². The van der Waals surface area contributed by atoms with Crippen molar-refractivity contribution >= 4 is 43.2 Å². The van der Waals surface area contributed by atoms with Gasteiger partial charge in [-0.2, -0.15) is 0 Å². The van der Waals surface area contributed by atoms with Gasteiger partial charge in [0, 0.05) is 16.4 Å². The van der Waals surface area contributed by atoms with Crippen LogP contribution in [-0.4, -0.2) is 9.55 Å². The molecule has 0 spiro atoms. The van der Waals surface area contributed by atoms with Gasteiger partial charge in [-0.05, 0) is 28.1 Å². The minimum atomic E-state index is 0.814. The van der Waals surface area contributed by atoms with Gasteiger partial charge >= 0.3 is 0 Å². The highest BCUT2D eigenvalue weighted by Crippen LogP contribution is 2.22. The zero-order valence-corrected chi connectivity index (χ0v) is 11.3. The highest BCUT2D eigenvalue weighted by molar-refractivity contribution is 9.11. The van der Waals surface area contributed by atoms with E-state index < -0.39 is 0 Å². The number of hydrogen-bond donors (Lipinski definition) is 0. The third kappa shape index (κ3) is 2.46. The van der Waals surface area contributed by atoms with E-state index in [0.29, 0.717) is 0 Å². The SMILES string of the molecule is BrCc1cn(Cc2ccc(Br)s2)cn1. The van der Waals surface area contributed by atoms with Gasteiger partial charge in [-0.3, -0.25) is 0 Å². The van der Waals surface area contributed by atoms with E-state index >= 15 is 0 Å². The number of aromatic nitrogens is 2. The Bertz CT molecular complexity index is 422. The van der Waals surface area contributed by atoms with Crippen molar-refractivity contribution in [3.63, 3.8) is 0 Å². The van der Waals surface area contributed by atoms with Crippen LogP contribution in [0.4, 0.5) is 0 Å². The normalized spacial score (nSPS) is 10.7. The molecular weight excluding hydrogens is 328 g/mol. The first-order valence-electron chi connectivity index (χ1n) is 4.09. The van der Waals surface area contributed by atoms with Gasteiger partial charge in [0.1, 0.15) is 0 Å². The van der Waals surface area contributed by atoms with Gasteiger partial charge in [-0.15, -0.1) is 11.3 Å². The summed E-state index contributed by atoms with van der Waals surface area (Å²) in [5, 5.41) is 0.814. The third-order valence-electron chi connectivity index (χ3n) is 1.79. The molecule has 2 heterocycles. The molecule has 0 aromatic carbocycles. The molecule has 14 heavy (non-hydrogen) atoms. The first-order chi connectivity index (χ1) is 6.78. The second kappa shape index (κ2) is 4.59. The molecule has 0 aliphatic rings. The summed E-state index contributed by atoms with van der Waals surface area (Å²) in [6, 6.07) is 4.20. The average Bonchev–Trinajstić information content (AvgIpc) is 2.76. The van der Waals surface area contributed by atoms with Gasteiger partial charge in [0.25, 0.3) is 0 Å². The Balaban J connectivity index is 2.10.